The molecule has 72 heavy (non-hydrogen) atoms. The molecule has 0 N–H and O–H groups in total. The fourth-order valence-electron chi connectivity index (χ4n) is 13.7. The van der Waals surface area contributed by atoms with Crippen molar-refractivity contribution in [2.24, 2.45) is 0 Å². The Kier molecular flexibility index (Phi) is 8.26. The van der Waals surface area contributed by atoms with Gasteiger partial charge in [0, 0.05) is 65.9 Å². The average Bonchev–Trinajstić information content (AvgIpc) is 4.17. The molecule has 0 fully saturated rings. The third-order valence-corrected chi connectivity index (χ3v) is 17.0. The lowest BCUT2D eigenvalue weighted by atomic mass is 9.72. The Morgan fingerprint density at radius 3 is 1.47 bits per heavy atom. The summed E-state index contributed by atoms with van der Waals surface area (Å²) in [5.41, 5.74) is 26.5. The van der Waals surface area contributed by atoms with Crippen molar-refractivity contribution in [3.05, 3.63) is 234 Å². The first-order chi connectivity index (χ1) is 35.0. The zero-order chi connectivity index (χ0) is 48.4. The van der Waals surface area contributed by atoms with Crippen molar-refractivity contribution >= 4 is 60.9 Å². The molecule has 10 aromatic carbocycles. The predicted molar refractivity (Wildman–Crippen MR) is 299 cm³/mol. The topological polar surface area (TPSA) is 29.5 Å². The molecule has 0 saturated heterocycles. The zero-order valence-electron chi connectivity index (χ0n) is 41.3. The molecule has 15 rings (SSSR count). The highest BCUT2D eigenvalue weighted by Crippen LogP contribution is 2.64. The molecule has 3 aliphatic carbocycles. The first-order valence-electron chi connectivity index (χ1n) is 25.4. The van der Waals surface area contributed by atoms with Crippen LogP contribution in [0.4, 0.5) is 17.1 Å². The number of hydrogen-bond donors (Lipinski definition) is 0. The van der Waals surface area contributed by atoms with E-state index in [-0.39, 0.29) is 16.2 Å². The summed E-state index contributed by atoms with van der Waals surface area (Å²) in [6, 6.07) is 73.5. The van der Waals surface area contributed by atoms with Gasteiger partial charge in [-0.2, -0.15) is 0 Å². The SMILES string of the molecule is CC1(C)c2cc(N(c3ccc4c(c3)C(C)(C)c3c5c(c6c(oc7ccccc76)c3-4)-c3ccccc3C5(C)C)c3ccccc3-c3ccccc3)ccc2-c2c1cc(-c1ccccc1)c1oc3ccccc3c21. The molecule has 0 bridgehead atoms. The number of fused-ring (bicyclic) bond motifs is 19. The second-order valence-corrected chi connectivity index (χ2v) is 21.9. The molecule has 0 spiro atoms. The van der Waals surface area contributed by atoms with Gasteiger partial charge in [0.25, 0.3) is 0 Å². The average molecular weight is 926 g/mol. The van der Waals surface area contributed by atoms with Gasteiger partial charge in [0.05, 0.1) is 5.69 Å². The highest BCUT2D eigenvalue weighted by Gasteiger charge is 2.49. The van der Waals surface area contributed by atoms with Crippen LogP contribution >= 0.6 is 0 Å². The Labute approximate surface area is 419 Å². The number of para-hydroxylation sites is 3. The first-order valence-corrected chi connectivity index (χ1v) is 25.4. The van der Waals surface area contributed by atoms with Gasteiger partial charge in [-0.3, -0.25) is 0 Å². The van der Waals surface area contributed by atoms with Gasteiger partial charge in [0.2, 0.25) is 0 Å². The van der Waals surface area contributed by atoms with E-state index in [1.807, 2.05) is 0 Å². The van der Waals surface area contributed by atoms with E-state index >= 15 is 0 Å². The highest BCUT2D eigenvalue weighted by molar-refractivity contribution is 6.21. The Hall–Kier alpha value is -8.40. The second kappa shape index (κ2) is 14.4. The zero-order valence-corrected chi connectivity index (χ0v) is 41.3. The Morgan fingerprint density at radius 1 is 0.333 bits per heavy atom. The molecule has 3 nitrogen and oxygen atoms in total. The van der Waals surface area contributed by atoms with Crippen LogP contribution in [0.15, 0.2) is 209 Å². The predicted octanol–water partition coefficient (Wildman–Crippen LogP) is 19.2. The van der Waals surface area contributed by atoms with Crippen LogP contribution in [0.3, 0.4) is 0 Å². The van der Waals surface area contributed by atoms with Crippen molar-refractivity contribution in [1.82, 2.24) is 0 Å². The summed E-state index contributed by atoms with van der Waals surface area (Å²) < 4.78 is 13.9. The van der Waals surface area contributed by atoms with E-state index in [1.54, 1.807) is 0 Å². The van der Waals surface area contributed by atoms with Crippen LogP contribution in [-0.4, -0.2) is 0 Å². The van der Waals surface area contributed by atoms with E-state index in [0.29, 0.717) is 0 Å². The van der Waals surface area contributed by atoms with E-state index in [4.69, 9.17) is 8.83 Å². The van der Waals surface area contributed by atoms with Crippen LogP contribution in [0.25, 0.3) is 99.5 Å². The molecule has 0 saturated carbocycles. The van der Waals surface area contributed by atoms with Gasteiger partial charge < -0.3 is 13.7 Å². The number of anilines is 3. The van der Waals surface area contributed by atoms with Crippen molar-refractivity contribution in [3.63, 3.8) is 0 Å². The van der Waals surface area contributed by atoms with Gasteiger partial charge >= 0.3 is 0 Å². The van der Waals surface area contributed by atoms with E-state index in [1.165, 1.54) is 94.0 Å². The molecule has 3 aliphatic rings. The van der Waals surface area contributed by atoms with Gasteiger partial charge in [0.15, 0.2) is 0 Å². The van der Waals surface area contributed by atoms with E-state index in [2.05, 4.69) is 247 Å². The third kappa shape index (κ3) is 5.35. The van der Waals surface area contributed by atoms with Gasteiger partial charge in [-0.05, 0) is 121 Å². The molecule has 3 heteroatoms. The number of furan rings is 2. The van der Waals surface area contributed by atoms with Gasteiger partial charge in [-0.25, -0.2) is 0 Å². The van der Waals surface area contributed by atoms with Gasteiger partial charge in [-0.15, -0.1) is 0 Å². The number of benzene rings is 10. The van der Waals surface area contributed by atoms with Crippen LogP contribution in [0.2, 0.25) is 0 Å². The molecular formula is C69H51NO2. The standard InChI is InChI=1S/C69H51NO2/c1-67(2)52-37-42(33-35-46(52)58-54(67)39-50(41-23-11-8-12-24-41)65-60(58)48-27-15-19-31-56(48)71-65)70(55-30-18-14-25-44(55)40-21-9-7-10-22-40)43-34-36-47-53(38-43)69(5,6)64-62(47)66-61(49-28-16-20-32-57(49)72-66)59-45-26-13-17-29-51(45)68(3,4)63(59)64/h7-39H,1-6H3. The molecule has 0 amide bonds. The molecular weight excluding hydrogens is 875 g/mol. The smallest absolute Gasteiger partial charge is 0.144 e. The van der Waals surface area contributed by atoms with Crippen molar-refractivity contribution < 1.29 is 8.83 Å². The minimum Gasteiger partial charge on any atom is -0.455 e. The van der Waals surface area contributed by atoms with Crippen molar-refractivity contribution in [3.8, 4) is 55.6 Å². The summed E-state index contributed by atoms with van der Waals surface area (Å²) in [5.74, 6) is 0. The number of nitrogens with zero attached hydrogens (tertiary/aromatic N) is 1. The van der Waals surface area contributed by atoms with Gasteiger partial charge in [-0.1, -0.05) is 193 Å². The normalized spacial score (nSPS) is 15.1. The molecule has 2 heterocycles. The maximum atomic E-state index is 7.09. The van der Waals surface area contributed by atoms with Crippen LogP contribution in [0, 0.1) is 0 Å². The van der Waals surface area contributed by atoms with E-state index in [9.17, 15) is 0 Å². The summed E-state index contributed by atoms with van der Waals surface area (Å²) in [7, 11) is 0. The minimum absolute atomic E-state index is 0.226. The Bertz CT molecular complexity index is 4300. The molecule has 0 unspecified atom stereocenters. The molecule has 12 aromatic rings. The van der Waals surface area contributed by atoms with Crippen molar-refractivity contribution in [2.75, 3.05) is 4.90 Å². The quantitative estimate of drug-likeness (QED) is 0.172. The molecule has 2 aromatic heterocycles. The lowest BCUT2D eigenvalue weighted by molar-refractivity contribution is 0.600. The largest absolute Gasteiger partial charge is 0.455 e. The monoisotopic (exact) mass is 925 g/mol. The Morgan fingerprint density at radius 2 is 0.806 bits per heavy atom. The lowest BCUT2D eigenvalue weighted by Gasteiger charge is -2.32. The molecule has 0 atom stereocenters. The molecule has 0 aliphatic heterocycles. The first kappa shape index (κ1) is 41.4. The summed E-state index contributed by atoms with van der Waals surface area (Å²) in [6.45, 7) is 14.5. The third-order valence-electron chi connectivity index (χ3n) is 17.0. The van der Waals surface area contributed by atoms with Crippen LogP contribution in [0.1, 0.15) is 74.9 Å². The lowest BCUT2D eigenvalue weighted by Crippen LogP contribution is -2.24. The molecule has 0 radical (unpaired) electrons. The Balaban J connectivity index is 0.973. The maximum absolute atomic E-state index is 7.09. The van der Waals surface area contributed by atoms with Crippen LogP contribution in [0.5, 0.6) is 0 Å². The van der Waals surface area contributed by atoms with Crippen molar-refractivity contribution in [2.45, 2.75) is 57.8 Å². The van der Waals surface area contributed by atoms with E-state index < -0.39 is 0 Å². The highest BCUT2D eigenvalue weighted by atomic mass is 16.3. The fraction of sp³-hybridized carbons (Fsp3) is 0.130. The van der Waals surface area contributed by atoms with Crippen molar-refractivity contribution in [1.29, 1.82) is 0 Å². The van der Waals surface area contributed by atoms with Crippen LogP contribution < -0.4 is 4.90 Å². The molecule has 344 valence electrons. The second-order valence-electron chi connectivity index (χ2n) is 21.9. The summed E-state index contributed by atoms with van der Waals surface area (Å²) >= 11 is 0. The maximum Gasteiger partial charge on any atom is 0.144 e. The fourth-order valence-corrected chi connectivity index (χ4v) is 13.7. The summed E-state index contributed by atoms with van der Waals surface area (Å²) in [6.07, 6.45) is 0. The van der Waals surface area contributed by atoms with Gasteiger partial charge in [0.1, 0.15) is 22.3 Å². The number of rotatable bonds is 5. The summed E-state index contributed by atoms with van der Waals surface area (Å²) in [4.78, 5) is 2.51. The van der Waals surface area contributed by atoms with E-state index in [0.717, 1.165) is 55.9 Å². The minimum atomic E-state index is -0.362. The summed E-state index contributed by atoms with van der Waals surface area (Å²) in [5, 5.41) is 4.73. The number of hydrogen-bond acceptors (Lipinski definition) is 3. The van der Waals surface area contributed by atoms with Crippen LogP contribution in [-0.2, 0) is 16.2 Å².